The van der Waals surface area contributed by atoms with Crippen LogP contribution >= 0.6 is 15.9 Å². The number of nitrogens with zero attached hydrogens (tertiary/aromatic N) is 2. The summed E-state index contributed by atoms with van der Waals surface area (Å²) in [5.41, 5.74) is -0.287. The minimum Gasteiger partial charge on any atom is -0.477 e. The Labute approximate surface area is 124 Å². The number of hydrogen-bond acceptors (Lipinski definition) is 4. The number of ether oxygens (including phenoxy) is 2. The van der Waals surface area contributed by atoms with Gasteiger partial charge in [-0.1, -0.05) is 20.8 Å². The molecule has 19 heavy (non-hydrogen) atoms. The standard InChI is InChI=1S/C14H23BrN2O2/c1-13(2,3)12-16-10(15)9-11(17-12)19-8-7-14(4,5)18-6/h9H,7-8H2,1-6H3. The van der Waals surface area contributed by atoms with Crippen molar-refractivity contribution in [2.24, 2.45) is 0 Å². The summed E-state index contributed by atoms with van der Waals surface area (Å²) in [5.74, 6) is 1.36. The molecule has 1 rings (SSSR count). The summed E-state index contributed by atoms with van der Waals surface area (Å²) >= 11 is 3.39. The fraction of sp³-hybridized carbons (Fsp3) is 0.714. The summed E-state index contributed by atoms with van der Waals surface area (Å²) in [6.07, 6.45) is 0.802. The van der Waals surface area contributed by atoms with Gasteiger partial charge in [0, 0.05) is 25.0 Å². The maximum absolute atomic E-state index is 5.70. The van der Waals surface area contributed by atoms with Crippen molar-refractivity contribution in [3.8, 4) is 5.88 Å². The summed E-state index contributed by atoms with van der Waals surface area (Å²) in [4.78, 5) is 8.83. The molecule has 0 saturated heterocycles. The van der Waals surface area contributed by atoms with Gasteiger partial charge in [-0.15, -0.1) is 0 Å². The molecular formula is C14H23BrN2O2. The summed E-state index contributed by atoms with van der Waals surface area (Å²) in [5, 5.41) is 0. The van der Waals surface area contributed by atoms with Crippen LogP contribution in [0.5, 0.6) is 5.88 Å². The molecule has 0 amide bonds. The fourth-order valence-corrected chi connectivity index (χ4v) is 1.67. The van der Waals surface area contributed by atoms with Gasteiger partial charge < -0.3 is 9.47 Å². The lowest BCUT2D eigenvalue weighted by molar-refractivity contribution is 0.00503. The monoisotopic (exact) mass is 330 g/mol. The summed E-state index contributed by atoms with van der Waals surface area (Å²) in [7, 11) is 1.71. The van der Waals surface area contributed by atoms with E-state index in [0.29, 0.717) is 12.5 Å². The van der Waals surface area contributed by atoms with Gasteiger partial charge in [0.1, 0.15) is 10.4 Å². The second kappa shape index (κ2) is 6.18. The molecule has 0 bridgehead atoms. The van der Waals surface area contributed by atoms with Gasteiger partial charge in [-0.25, -0.2) is 4.98 Å². The van der Waals surface area contributed by atoms with Crippen molar-refractivity contribution >= 4 is 15.9 Å². The quantitative estimate of drug-likeness (QED) is 0.771. The van der Waals surface area contributed by atoms with Gasteiger partial charge in [-0.2, -0.15) is 4.98 Å². The lowest BCUT2D eigenvalue weighted by Gasteiger charge is -2.23. The molecule has 1 heterocycles. The third kappa shape index (κ3) is 5.45. The van der Waals surface area contributed by atoms with Gasteiger partial charge in [0.05, 0.1) is 12.2 Å². The molecule has 0 radical (unpaired) electrons. The van der Waals surface area contributed by atoms with Gasteiger partial charge in [-0.3, -0.25) is 0 Å². The Balaban J connectivity index is 2.72. The van der Waals surface area contributed by atoms with E-state index in [1.807, 2.05) is 13.8 Å². The number of aromatic nitrogens is 2. The first-order chi connectivity index (χ1) is 8.64. The van der Waals surface area contributed by atoms with Gasteiger partial charge in [0.25, 0.3) is 0 Å². The van der Waals surface area contributed by atoms with Gasteiger partial charge >= 0.3 is 0 Å². The highest BCUT2D eigenvalue weighted by Gasteiger charge is 2.20. The molecule has 108 valence electrons. The molecule has 0 N–H and O–H groups in total. The molecule has 0 aliphatic carbocycles. The zero-order chi connectivity index (χ0) is 14.7. The topological polar surface area (TPSA) is 44.2 Å². The van der Waals surface area contributed by atoms with Crippen molar-refractivity contribution < 1.29 is 9.47 Å². The van der Waals surface area contributed by atoms with Crippen LogP contribution in [0.25, 0.3) is 0 Å². The van der Waals surface area contributed by atoms with Crippen LogP contribution in [-0.2, 0) is 10.2 Å². The lowest BCUT2D eigenvalue weighted by Crippen LogP contribution is -2.25. The number of halogens is 1. The third-order valence-electron chi connectivity index (χ3n) is 2.85. The Hall–Kier alpha value is -0.680. The van der Waals surface area contributed by atoms with Crippen LogP contribution < -0.4 is 4.74 Å². The zero-order valence-electron chi connectivity index (χ0n) is 12.6. The van der Waals surface area contributed by atoms with Crippen LogP contribution in [0.15, 0.2) is 10.7 Å². The van der Waals surface area contributed by atoms with Crippen molar-refractivity contribution in [2.45, 2.75) is 52.1 Å². The molecule has 0 aliphatic rings. The maximum Gasteiger partial charge on any atom is 0.217 e. The maximum atomic E-state index is 5.70. The Morgan fingerprint density at radius 3 is 2.32 bits per heavy atom. The molecule has 5 heteroatoms. The fourth-order valence-electron chi connectivity index (χ4n) is 1.31. The first kappa shape index (κ1) is 16.4. The van der Waals surface area contributed by atoms with Crippen LogP contribution in [0.2, 0.25) is 0 Å². The number of methoxy groups -OCH3 is 1. The van der Waals surface area contributed by atoms with Crippen LogP contribution in [-0.4, -0.2) is 29.3 Å². The van der Waals surface area contributed by atoms with Crippen LogP contribution in [0, 0.1) is 0 Å². The molecule has 0 saturated carbocycles. The molecule has 0 atom stereocenters. The molecule has 1 aromatic heterocycles. The second-order valence-electron chi connectivity index (χ2n) is 6.16. The molecule has 0 fully saturated rings. The predicted molar refractivity (Wildman–Crippen MR) is 79.6 cm³/mol. The van der Waals surface area contributed by atoms with Crippen LogP contribution in [0.3, 0.4) is 0 Å². The predicted octanol–water partition coefficient (Wildman–Crippen LogP) is 3.73. The molecule has 0 aromatic carbocycles. The minimum atomic E-state index is -0.183. The van der Waals surface area contributed by atoms with E-state index in [-0.39, 0.29) is 11.0 Å². The average Bonchev–Trinajstić information content (AvgIpc) is 2.27. The number of hydrogen-bond donors (Lipinski definition) is 0. The number of rotatable bonds is 5. The first-order valence-electron chi connectivity index (χ1n) is 6.37. The Morgan fingerprint density at radius 2 is 1.79 bits per heavy atom. The smallest absolute Gasteiger partial charge is 0.217 e. The Kier molecular flexibility index (Phi) is 5.33. The summed E-state index contributed by atoms with van der Waals surface area (Å²) < 4.78 is 11.8. The molecule has 0 aliphatic heterocycles. The van der Waals surface area contributed by atoms with Crippen LogP contribution in [0.1, 0.15) is 46.9 Å². The highest BCUT2D eigenvalue weighted by atomic mass is 79.9. The highest BCUT2D eigenvalue weighted by Crippen LogP contribution is 2.24. The second-order valence-corrected chi connectivity index (χ2v) is 6.98. The minimum absolute atomic E-state index is 0.103. The van der Waals surface area contributed by atoms with Crippen molar-refractivity contribution in [3.63, 3.8) is 0 Å². The average molecular weight is 331 g/mol. The largest absolute Gasteiger partial charge is 0.477 e. The van der Waals surface area contributed by atoms with Crippen molar-refractivity contribution in [2.75, 3.05) is 13.7 Å². The third-order valence-corrected chi connectivity index (χ3v) is 3.26. The van der Waals surface area contributed by atoms with Crippen molar-refractivity contribution in [3.05, 3.63) is 16.5 Å². The Morgan fingerprint density at radius 1 is 1.16 bits per heavy atom. The van der Waals surface area contributed by atoms with Crippen LogP contribution in [0.4, 0.5) is 0 Å². The SMILES string of the molecule is COC(C)(C)CCOc1cc(Br)nc(C(C)(C)C)n1. The van der Waals surface area contributed by atoms with Crippen molar-refractivity contribution in [1.82, 2.24) is 9.97 Å². The van der Waals surface area contributed by atoms with E-state index in [0.717, 1.165) is 16.8 Å². The summed E-state index contributed by atoms with van der Waals surface area (Å²) in [6, 6.07) is 1.79. The van der Waals surface area contributed by atoms with E-state index >= 15 is 0 Å². The molecular weight excluding hydrogens is 308 g/mol. The van der Waals surface area contributed by atoms with E-state index in [2.05, 4.69) is 46.7 Å². The molecule has 1 aromatic rings. The normalized spacial score (nSPS) is 12.6. The Bertz CT molecular complexity index is 428. The van der Waals surface area contributed by atoms with E-state index in [4.69, 9.17) is 9.47 Å². The molecule has 4 nitrogen and oxygen atoms in total. The first-order valence-corrected chi connectivity index (χ1v) is 7.16. The van der Waals surface area contributed by atoms with Gasteiger partial charge in [0.15, 0.2) is 0 Å². The van der Waals surface area contributed by atoms with Crippen molar-refractivity contribution in [1.29, 1.82) is 0 Å². The van der Waals surface area contributed by atoms with E-state index in [1.54, 1.807) is 13.2 Å². The van der Waals surface area contributed by atoms with E-state index < -0.39 is 0 Å². The van der Waals surface area contributed by atoms with E-state index in [1.165, 1.54) is 0 Å². The molecule has 0 spiro atoms. The van der Waals surface area contributed by atoms with Gasteiger partial charge in [0.2, 0.25) is 5.88 Å². The zero-order valence-corrected chi connectivity index (χ0v) is 14.2. The summed E-state index contributed by atoms with van der Waals surface area (Å²) in [6.45, 7) is 10.9. The lowest BCUT2D eigenvalue weighted by atomic mass is 9.96. The van der Waals surface area contributed by atoms with Gasteiger partial charge in [-0.05, 0) is 29.8 Å². The molecule has 0 unspecified atom stereocenters. The van der Waals surface area contributed by atoms with E-state index in [9.17, 15) is 0 Å². The highest BCUT2D eigenvalue weighted by molar-refractivity contribution is 9.10.